The molecule has 0 spiro atoms. The Kier molecular flexibility index (Phi) is 6.44. The van der Waals surface area contributed by atoms with Crippen LogP contribution in [0.25, 0.3) is 0 Å². The lowest BCUT2D eigenvalue weighted by Crippen LogP contribution is -2.38. The lowest BCUT2D eigenvalue weighted by atomic mass is 10.2. The molecule has 1 N–H and O–H groups in total. The molecule has 0 radical (unpaired) electrons. The van der Waals surface area contributed by atoms with Crippen LogP contribution >= 0.6 is 11.3 Å². The first-order valence-electron chi connectivity index (χ1n) is 9.99. The number of amides is 1. The summed E-state index contributed by atoms with van der Waals surface area (Å²) in [5.41, 5.74) is 0.883. The molecule has 1 amide bonds. The number of para-hydroxylation sites is 1. The lowest BCUT2D eigenvalue weighted by molar-refractivity contribution is -0.121. The first-order valence-corrected chi connectivity index (χ1v) is 10.9. The number of benzene rings is 1. The van der Waals surface area contributed by atoms with E-state index in [0.717, 1.165) is 30.1 Å². The van der Waals surface area contributed by atoms with Crippen molar-refractivity contribution < 1.29 is 9.53 Å². The summed E-state index contributed by atoms with van der Waals surface area (Å²) in [5, 5.41) is 11.6. The Morgan fingerprint density at radius 2 is 2.07 bits per heavy atom. The minimum atomic E-state index is -0.157. The van der Waals surface area contributed by atoms with Crippen LogP contribution in [0.2, 0.25) is 0 Å². The molecule has 8 heteroatoms. The van der Waals surface area contributed by atoms with Crippen LogP contribution in [0.5, 0.6) is 5.75 Å². The molecule has 3 aromatic rings. The van der Waals surface area contributed by atoms with E-state index in [9.17, 15) is 9.59 Å². The van der Waals surface area contributed by atoms with Crippen LogP contribution in [0.1, 0.15) is 12.0 Å². The van der Waals surface area contributed by atoms with Gasteiger partial charge in [-0.2, -0.15) is 16.4 Å². The molecule has 30 heavy (non-hydrogen) atoms. The van der Waals surface area contributed by atoms with E-state index in [1.807, 2.05) is 47.2 Å². The summed E-state index contributed by atoms with van der Waals surface area (Å²) < 4.78 is 7.11. The van der Waals surface area contributed by atoms with Gasteiger partial charge in [0.2, 0.25) is 5.91 Å². The molecule has 1 aliphatic rings. The molecule has 0 saturated carbocycles. The fraction of sp³-hybridized carbons (Fsp3) is 0.318. The largest absolute Gasteiger partial charge is 0.492 e. The molecule has 1 unspecified atom stereocenters. The number of hydrogen-bond donors (Lipinski definition) is 1. The Morgan fingerprint density at radius 1 is 1.20 bits per heavy atom. The summed E-state index contributed by atoms with van der Waals surface area (Å²) in [4.78, 5) is 26.5. The molecule has 1 aromatic carbocycles. The van der Waals surface area contributed by atoms with Crippen molar-refractivity contribution in [3.63, 3.8) is 0 Å². The second kappa shape index (κ2) is 9.58. The normalized spacial score (nSPS) is 15.9. The third-order valence-corrected chi connectivity index (χ3v) is 5.72. The molecule has 1 atom stereocenters. The van der Waals surface area contributed by atoms with Crippen molar-refractivity contribution in [3.05, 3.63) is 75.2 Å². The number of rotatable bonds is 8. The number of nitrogens with zero attached hydrogens (tertiary/aromatic N) is 3. The molecule has 1 aliphatic heterocycles. The van der Waals surface area contributed by atoms with E-state index in [-0.39, 0.29) is 17.5 Å². The zero-order valence-corrected chi connectivity index (χ0v) is 17.4. The van der Waals surface area contributed by atoms with Crippen molar-refractivity contribution in [1.82, 2.24) is 15.1 Å². The monoisotopic (exact) mass is 424 g/mol. The van der Waals surface area contributed by atoms with Crippen molar-refractivity contribution >= 4 is 23.1 Å². The highest BCUT2D eigenvalue weighted by Crippen LogP contribution is 2.17. The van der Waals surface area contributed by atoms with Crippen LogP contribution in [0, 0.1) is 0 Å². The van der Waals surface area contributed by atoms with E-state index < -0.39 is 0 Å². The maximum atomic E-state index is 12.2. The summed E-state index contributed by atoms with van der Waals surface area (Å²) in [6, 6.07) is 14.8. The summed E-state index contributed by atoms with van der Waals surface area (Å²) in [6.07, 6.45) is 1.26. The SMILES string of the molecule is O=C(Cc1ccsc1)NC1CCN(c2ccc(=O)n(CCOc3ccccc3)n2)C1. The van der Waals surface area contributed by atoms with Gasteiger partial charge < -0.3 is 15.0 Å². The van der Waals surface area contributed by atoms with Gasteiger partial charge in [0.25, 0.3) is 5.56 Å². The van der Waals surface area contributed by atoms with E-state index >= 15 is 0 Å². The molecule has 2 aromatic heterocycles. The highest BCUT2D eigenvalue weighted by atomic mass is 32.1. The average Bonchev–Trinajstić information content (AvgIpc) is 3.42. The van der Waals surface area contributed by atoms with Crippen LogP contribution in [0.3, 0.4) is 0 Å². The number of hydrogen-bond acceptors (Lipinski definition) is 6. The highest BCUT2D eigenvalue weighted by molar-refractivity contribution is 7.08. The molecule has 1 fully saturated rings. The number of ether oxygens (including phenoxy) is 1. The Bertz CT molecular complexity index is 1020. The van der Waals surface area contributed by atoms with Crippen LogP contribution in [-0.4, -0.2) is 41.4 Å². The van der Waals surface area contributed by atoms with Gasteiger partial charge >= 0.3 is 0 Å². The average molecular weight is 425 g/mol. The fourth-order valence-corrected chi connectivity index (χ4v) is 4.15. The van der Waals surface area contributed by atoms with Gasteiger partial charge in [-0.1, -0.05) is 18.2 Å². The highest BCUT2D eigenvalue weighted by Gasteiger charge is 2.25. The second-order valence-electron chi connectivity index (χ2n) is 7.22. The molecule has 4 rings (SSSR count). The first kappa shape index (κ1) is 20.2. The van der Waals surface area contributed by atoms with Crippen molar-refractivity contribution in [2.45, 2.75) is 25.4 Å². The third-order valence-electron chi connectivity index (χ3n) is 4.99. The predicted molar refractivity (Wildman–Crippen MR) is 117 cm³/mol. The van der Waals surface area contributed by atoms with E-state index in [1.165, 1.54) is 10.7 Å². The van der Waals surface area contributed by atoms with Crippen molar-refractivity contribution in [1.29, 1.82) is 0 Å². The Labute approximate surface area is 178 Å². The van der Waals surface area contributed by atoms with Crippen molar-refractivity contribution in [2.24, 2.45) is 0 Å². The summed E-state index contributed by atoms with van der Waals surface area (Å²) >= 11 is 1.60. The minimum absolute atomic E-state index is 0.0382. The van der Waals surface area contributed by atoms with E-state index in [2.05, 4.69) is 15.3 Å². The molecule has 3 heterocycles. The predicted octanol–water partition coefficient (Wildman–Crippen LogP) is 2.32. The molecular formula is C22H24N4O3S. The van der Waals surface area contributed by atoms with Gasteiger partial charge in [0.1, 0.15) is 18.2 Å². The first-order chi connectivity index (χ1) is 14.7. The topological polar surface area (TPSA) is 76.5 Å². The number of aromatic nitrogens is 2. The number of thiophene rings is 1. The number of nitrogens with one attached hydrogen (secondary N) is 1. The van der Waals surface area contributed by atoms with E-state index in [0.29, 0.717) is 26.1 Å². The molecule has 1 saturated heterocycles. The smallest absolute Gasteiger partial charge is 0.266 e. The number of anilines is 1. The van der Waals surface area contributed by atoms with Crippen LogP contribution in [0.4, 0.5) is 5.82 Å². The van der Waals surface area contributed by atoms with Gasteiger partial charge in [0, 0.05) is 25.2 Å². The maximum absolute atomic E-state index is 12.2. The minimum Gasteiger partial charge on any atom is -0.492 e. The van der Waals surface area contributed by atoms with Gasteiger partial charge in [-0.05, 0) is 47.0 Å². The van der Waals surface area contributed by atoms with Crippen LogP contribution in [-0.2, 0) is 17.8 Å². The van der Waals surface area contributed by atoms with Gasteiger partial charge in [0.05, 0.1) is 13.0 Å². The Hall–Kier alpha value is -3.13. The van der Waals surface area contributed by atoms with Crippen LogP contribution < -0.4 is 20.5 Å². The molecular weight excluding hydrogens is 400 g/mol. The summed E-state index contributed by atoms with van der Waals surface area (Å²) in [5.74, 6) is 1.54. The molecule has 0 aliphatic carbocycles. The summed E-state index contributed by atoms with van der Waals surface area (Å²) in [6.45, 7) is 2.20. The number of carbonyl (C=O) groups excluding carboxylic acids is 1. The quantitative estimate of drug-likeness (QED) is 0.601. The van der Waals surface area contributed by atoms with Gasteiger partial charge in [-0.3, -0.25) is 9.59 Å². The molecule has 0 bridgehead atoms. The van der Waals surface area contributed by atoms with Gasteiger partial charge in [-0.25, -0.2) is 4.68 Å². The van der Waals surface area contributed by atoms with Gasteiger partial charge in [0.15, 0.2) is 0 Å². The van der Waals surface area contributed by atoms with E-state index in [1.54, 1.807) is 17.4 Å². The maximum Gasteiger partial charge on any atom is 0.266 e. The Morgan fingerprint density at radius 3 is 2.87 bits per heavy atom. The standard InChI is InChI=1S/C22H24N4O3S/c27-21(14-17-9-13-30-16-17)23-18-8-10-25(15-18)20-6-7-22(28)26(24-20)11-12-29-19-4-2-1-3-5-19/h1-7,9,13,16,18H,8,10-12,14-15H2,(H,23,27). The fourth-order valence-electron chi connectivity index (χ4n) is 3.48. The second-order valence-corrected chi connectivity index (χ2v) is 8.00. The van der Waals surface area contributed by atoms with Crippen LogP contribution in [0.15, 0.2) is 64.1 Å². The van der Waals surface area contributed by atoms with Gasteiger partial charge in [-0.15, -0.1) is 0 Å². The summed E-state index contributed by atoms with van der Waals surface area (Å²) in [7, 11) is 0. The zero-order valence-electron chi connectivity index (χ0n) is 16.6. The van der Waals surface area contributed by atoms with E-state index in [4.69, 9.17) is 4.74 Å². The lowest BCUT2D eigenvalue weighted by Gasteiger charge is -2.19. The Balaban J connectivity index is 1.31. The van der Waals surface area contributed by atoms with Crippen molar-refractivity contribution in [3.8, 4) is 5.75 Å². The number of carbonyl (C=O) groups is 1. The molecule has 156 valence electrons. The zero-order chi connectivity index (χ0) is 20.8. The third kappa shape index (κ3) is 5.27. The van der Waals surface area contributed by atoms with Crippen molar-refractivity contribution in [2.75, 3.05) is 24.6 Å². The molecule has 7 nitrogen and oxygen atoms in total.